The predicted molar refractivity (Wildman–Crippen MR) is 85.9 cm³/mol. The van der Waals surface area contributed by atoms with E-state index in [1.807, 2.05) is 0 Å². The minimum Gasteiger partial charge on any atom is -0.369 e. The molecule has 0 saturated heterocycles. The highest BCUT2D eigenvalue weighted by Crippen LogP contribution is 2.40. The Bertz CT molecular complexity index is 695. The van der Waals surface area contributed by atoms with E-state index in [0.717, 1.165) is 32.1 Å². The molecule has 6 heteroatoms. The monoisotopic (exact) mass is 299 g/mol. The van der Waals surface area contributed by atoms with Crippen LogP contribution in [0, 0.1) is 18.2 Å². The second-order valence-corrected chi connectivity index (χ2v) is 5.63. The zero-order chi connectivity index (χ0) is 15.7. The first-order valence-electron chi connectivity index (χ1n) is 7.32. The minimum atomic E-state index is -0.646. The molecule has 0 atom stereocenters. The summed E-state index contributed by atoms with van der Waals surface area (Å²) < 4.78 is 14.5. The number of terminal acetylenes is 1. The topological polar surface area (TPSA) is 80.0 Å². The van der Waals surface area contributed by atoms with Gasteiger partial charge in [0.2, 0.25) is 11.9 Å². The average Bonchev–Trinajstić information content (AvgIpc) is 2.48. The van der Waals surface area contributed by atoms with Crippen molar-refractivity contribution in [2.75, 3.05) is 4.90 Å². The highest BCUT2D eigenvalue weighted by molar-refractivity contribution is 6.05. The minimum absolute atomic E-state index is 0.149. The third kappa shape index (κ3) is 2.29. The van der Waals surface area contributed by atoms with E-state index < -0.39 is 11.5 Å². The second kappa shape index (κ2) is 5.34. The van der Waals surface area contributed by atoms with Gasteiger partial charge in [0, 0.05) is 5.56 Å². The quantitative estimate of drug-likeness (QED) is 0.777. The van der Waals surface area contributed by atoms with Crippen molar-refractivity contribution in [3.05, 3.63) is 29.6 Å². The average molecular weight is 299 g/mol. The molecule has 1 aromatic carbocycles. The van der Waals surface area contributed by atoms with Gasteiger partial charge in [0.25, 0.3) is 0 Å². The van der Waals surface area contributed by atoms with Gasteiger partial charge in [-0.25, -0.2) is 9.38 Å². The normalized spacial score (nSPS) is 20.3. The number of hydrogen-bond acceptors (Lipinski definition) is 5. The van der Waals surface area contributed by atoms with E-state index >= 15 is 0 Å². The first-order chi connectivity index (χ1) is 10.6. The lowest BCUT2D eigenvalue weighted by molar-refractivity contribution is 0.304. The molecule has 3 rings (SSSR count). The van der Waals surface area contributed by atoms with E-state index in [1.165, 1.54) is 6.07 Å². The molecule has 0 unspecified atom stereocenters. The molecule has 1 aromatic rings. The first-order valence-corrected chi connectivity index (χ1v) is 7.32. The van der Waals surface area contributed by atoms with Crippen LogP contribution in [0.25, 0.3) is 0 Å². The Morgan fingerprint density at radius 1 is 1.23 bits per heavy atom. The van der Waals surface area contributed by atoms with Crippen LogP contribution >= 0.6 is 0 Å². The van der Waals surface area contributed by atoms with Crippen LogP contribution in [-0.4, -0.2) is 17.6 Å². The van der Waals surface area contributed by atoms with Crippen LogP contribution in [0.3, 0.4) is 0 Å². The number of rotatable bonds is 1. The molecule has 22 heavy (non-hydrogen) atoms. The fraction of sp³-hybridized carbons (Fsp3) is 0.375. The summed E-state index contributed by atoms with van der Waals surface area (Å²) in [5.41, 5.74) is 12.0. The third-order valence-corrected chi connectivity index (χ3v) is 4.21. The molecule has 2 aliphatic rings. The number of anilines is 1. The number of guanidine groups is 2. The first kappa shape index (κ1) is 14.4. The lowest BCUT2D eigenvalue weighted by atomic mass is 9.87. The van der Waals surface area contributed by atoms with Crippen molar-refractivity contribution in [3.8, 4) is 12.3 Å². The summed E-state index contributed by atoms with van der Waals surface area (Å²) in [6.45, 7) is 0. The standard InChI is InChI=1S/C16H18FN5/c1-2-11-6-7-13(12(17)10-11)22-15(19)20-14(18)21-16(22)8-4-3-5-9-16/h1,6-7,10H,3-5,8-9H2,(H4,18,19,20,21). The molecular weight excluding hydrogens is 281 g/mol. The fourth-order valence-corrected chi connectivity index (χ4v) is 3.25. The summed E-state index contributed by atoms with van der Waals surface area (Å²) in [4.78, 5) is 10.2. The van der Waals surface area contributed by atoms with Crippen LogP contribution in [0.1, 0.15) is 37.7 Å². The molecule has 4 N–H and O–H groups in total. The van der Waals surface area contributed by atoms with Gasteiger partial charge in [-0.1, -0.05) is 12.3 Å². The Morgan fingerprint density at radius 3 is 2.59 bits per heavy atom. The van der Waals surface area contributed by atoms with Crippen molar-refractivity contribution in [2.45, 2.75) is 37.8 Å². The summed E-state index contributed by atoms with van der Waals surface area (Å²) >= 11 is 0. The van der Waals surface area contributed by atoms with E-state index in [0.29, 0.717) is 11.3 Å². The van der Waals surface area contributed by atoms with Gasteiger partial charge in [0.05, 0.1) is 5.69 Å². The molecule has 1 heterocycles. The number of nitrogens with zero attached hydrogens (tertiary/aromatic N) is 3. The van der Waals surface area contributed by atoms with Gasteiger partial charge >= 0.3 is 0 Å². The van der Waals surface area contributed by atoms with Gasteiger partial charge in [-0.2, -0.15) is 4.99 Å². The van der Waals surface area contributed by atoms with Gasteiger partial charge in [-0.05, 0) is 43.9 Å². The summed E-state index contributed by atoms with van der Waals surface area (Å²) in [7, 11) is 0. The van der Waals surface area contributed by atoms with Crippen molar-refractivity contribution in [1.29, 1.82) is 0 Å². The van der Waals surface area contributed by atoms with Crippen molar-refractivity contribution in [3.63, 3.8) is 0 Å². The Kier molecular flexibility index (Phi) is 3.49. The molecule has 5 nitrogen and oxygen atoms in total. The van der Waals surface area contributed by atoms with Crippen LogP contribution in [-0.2, 0) is 0 Å². The van der Waals surface area contributed by atoms with Crippen LogP contribution in [0.5, 0.6) is 0 Å². The summed E-state index contributed by atoms with van der Waals surface area (Å²) in [5.74, 6) is 2.30. The summed E-state index contributed by atoms with van der Waals surface area (Å²) in [6, 6.07) is 4.63. The largest absolute Gasteiger partial charge is 0.369 e. The van der Waals surface area contributed by atoms with Crippen LogP contribution in [0.2, 0.25) is 0 Å². The highest BCUT2D eigenvalue weighted by atomic mass is 19.1. The number of aliphatic imine (C=N–C) groups is 2. The molecule has 114 valence electrons. The zero-order valence-electron chi connectivity index (χ0n) is 12.2. The van der Waals surface area contributed by atoms with Gasteiger partial charge < -0.3 is 11.5 Å². The van der Waals surface area contributed by atoms with Crippen LogP contribution in [0.4, 0.5) is 10.1 Å². The van der Waals surface area contributed by atoms with Crippen molar-refractivity contribution in [2.24, 2.45) is 21.5 Å². The molecule has 1 saturated carbocycles. The Labute approximate surface area is 128 Å². The third-order valence-electron chi connectivity index (χ3n) is 4.21. The van der Waals surface area contributed by atoms with Crippen LogP contribution < -0.4 is 16.4 Å². The lowest BCUT2D eigenvalue weighted by Crippen LogP contribution is -2.58. The van der Waals surface area contributed by atoms with E-state index in [1.54, 1.807) is 17.0 Å². The summed E-state index contributed by atoms with van der Waals surface area (Å²) in [5, 5.41) is 0. The SMILES string of the molecule is C#Cc1ccc(N2C(N)=NC(N)=NC23CCCCC3)c(F)c1. The molecule has 0 radical (unpaired) electrons. The molecule has 1 aliphatic carbocycles. The number of hydrogen-bond donors (Lipinski definition) is 2. The zero-order valence-corrected chi connectivity index (χ0v) is 12.2. The molecular formula is C16H18FN5. The van der Waals surface area contributed by atoms with E-state index in [9.17, 15) is 4.39 Å². The molecule has 0 bridgehead atoms. The maximum atomic E-state index is 14.5. The molecule has 1 aliphatic heterocycles. The van der Waals surface area contributed by atoms with Gasteiger partial charge in [-0.3, -0.25) is 4.90 Å². The van der Waals surface area contributed by atoms with Gasteiger partial charge in [-0.15, -0.1) is 6.42 Å². The van der Waals surface area contributed by atoms with Crippen molar-refractivity contribution < 1.29 is 4.39 Å². The van der Waals surface area contributed by atoms with Gasteiger partial charge in [0.1, 0.15) is 11.5 Å². The molecule has 1 fully saturated rings. The Hall–Kier alpha value is -2.55. The van der Waals surface area contributed by atoms with Crippen molar-refractivity contribution in [1.82, 2.24) is 0 Å². The fourth-order valence-electron chi connectivity index (χ4n) is 3.25. The molecule has 0 amide bonds. The molecule has 0 aromatic heterocycles. The summed E-state index contributed by atoms with van der Waals surface area (Å²) in [6.07, 6.45) is 9.95. The number of benzene rings is 1. The predicted octanol–water partition coefficient (Wildman–Crippen LogP) is 1.92. The smallest absolute Gasteiger partial charge is 0.220 e. The molecule has 1 spiro atoms. The van der Waals surface area contributed by atoms with E-state index in [2.05, 4.69) is 15.9 Å². The van der Waals surface area contributed by atoms with E-state index in [4.69, 9.17) is 17.9 Å². The number of halogens is 1. The Balaban J connectivity index is 2.10. The number of nitrogens with two attached hydrogens (primary N) is 2. The maximum absolute atomic E-state index is 14.5. The highest BCUT2D eigenvalue weighted by Gasteiger charge is 2.43. The maximum Gasteiger partial charge on any atom is 0.220 e. The second-order valence-electron chi connectivity index (χ2n) is 5.63. The van der Waals surface area contributed by atoms with Crippen molar-refractivity contribution >= 4 is 17.6 Å². The van der Waals surface area contributed by atoms with Crippen LogP contribution in [0.15, 0.2) is 28.2 Å². The van der Waals surface area contributed by atoms with E-state index in [-0.39, 0.29) is 11.9 Å². The lowest BCUT2D eigenvalue weighted by Gasteiger charge is -2.45. The Morgan fingerprint density at radius 2 is 1.95 bits per heavy atom. The van der Waals surface area contributed by atoms with Gasteiger partial charge in [0.15, 0.2) is 0 Å².